The number of amides is 3. The molecule has 2 aromatic rings. The Kier molecular flexibility index (Phi) is 5.46. The zero-order chi connectivity index (χ0) is 25.3. The van der Waals surface area contributed by atoms with E-state index in [0.29, 0.717) is 22.0 Å². The number of carbonyl (C=O) groups excluding carboxylic acids is 4. The van der Waals surface area contributed by atoms with E-state index in [0.717, 1.165) is 6.42 Å². The molecule has 2 aliphatic heterocycles. The van der Waals surface area contributed by atoms with Crippen LogP contribution in [-0.2, 0) is 19.2 Å². The molecule has 3 amide bonds. The van der Waals surface area contributed by atoms with Crippen molar-refractivity contribution in [3.05, 3.63) is 64.2 Å². The van der Waals surface area contributed by atoms with Gasteiger partial charge in [-0.25, -0.2) is 4.90 Å². The van der Waals surface area contributed by atoms with Crippen molar-refractivity contribution in [2.24, 2.45) is 29.6 Å². The monoisotopic (exact) mass is 524 g/mol. The fraction of sp³-hybridized carbons (Fsp3) is 0.333. The number of aryl methyl sites for hydroxylation is 1. The van der Waals surface area contributed by atoms with E-state index >= 15 is 0 Å². The molecule has 36 heavy (non-hydrogen) atoms. The van der Waals surface area contributed by atoms with Gasteiger partial charge in [0.15, 0.2) is 0 Å². The maximum absolute atomic E-state index is 13.1. The van der Waals surface area contributed by atoms with E-state index in [9.17, 15) is 19.2 Å². The molecule has 184 valence electrons. The second kappa shape index (κ2) is 8.46. The lowest BCUT2D eigenvalue weighted by Gasteiger charge is -2.20. The number of fused-ring (bicyclic) bond motifs is 5. The highest BCUT2D eigenvalue weighted by atomic mass is 35.5. The Morgan fingerprint density at radius 3 is 2.33 bits per heavy atom. The Bertz CT molecular complexity index is 1340. The summed E-state index contributed by atoms with van der Waals surface area (Å²) in [5.74, 6) is -1.76. The summed E-state index contributed by atoms with van der Waals surface area (Å²) in [6.07, 6.45) is 4.99. The largest absolute Gasteiger partial charge is 0.426 e. The van der Waals surface area contributed by atoms with Gasteiger partial charge in [-0.15, -0.1) is 0 Å². The number of nitrogens with zero attached hydrogens (tertiary/aromatic N) is 2. The third-order valence-corrected chi connectivity index (χ3v) is 8.59. The Balaban J connectivity index is 1.16. The van der Waals surface area contributed by atoms with E-state index in [1.165, 1.54) is 9.80 Å². The molecule has 2 heterocycles. The summed E-state index contributed by atoms with van der Waals surface area (Å²) >= 11 is 12.3. The smallest absolute Gasteiger partial charge is 0.316 e. The summed E-state index contributed by atoms with van der Waals surface area (Å²) in [5.41, 5.74) is 1.62. The maximum atomic E-state index is 13.1. The average Bonchev–Trinajstić information content (AvgIpc) is 3.60. The number of benzene rings is 2. The average molecular weight is 525 g/mol. The minimum absolute atomic E-state index is 0.00529. The van der Waals surface area contributed by atoms with Crippen LogP contribution < -0.4 is 14.5 Å². The third-order valence-electron chi connectivity index (χ3n) is 7.78. The van der Waals surface area contributed by atoms with E-state index in [1.807, 2.05) is 0 Å². The number of carbonyl (C=O) groups is 4. The fourth-order valence-corrected chi connectivity index (χ4v) is 6.48. The topological polar surface area (TPSA) is 84.0 Å². The number of hydrogen-bond acceptors (Lipinski definition) is 5. The zero-order valence-corrected chi connectivity index (χ0v) is 20.8. The standard InChI is InChI=1S/C27H22Cl2N2O5/c1-13-9-17(7-8-19(13)31-25(33)22-14-5-6-15(10-14)23(22)26(31)34)36-27(35)16-11-21(32)30(12-16)20-4-2-3-18(28)24(20)29/h2-9,14-16,22-23H,10-12H2,1H3/t14-,15-,16+,22-,23+/m0/s1. The molecule has 0 N–H and O–H groups in total. The number of ether oxygens (including phenoxy) is 1. The summed E-state index contributed by atoms with van der Waals surface area (Å²) in [6, 6.07) is 9.85. The Hall–Kier alpha value is -3.16. The van der Waals surface area contributed by atoms with Gasteiger partial charge in [0.25, 0.3) is 0 Å². The van der Waals surface area contributed by atoms with Crippen molar-refractivity contribution in [3.63, 3.8) is 0 Å². The van der Waals surface area contributed by atoms with Gasteiger partial charge in [0, 0.05) is 13.0 Å². The SMILES string of the molecule is Cc1cc(OC(=O)[C@@H]2CC(=O)N(c3cccc(Cl)c3Cl)C2)ccc1N1C(=O)[C@@H]2[C@H](C1=O)[C@H]1C=C[C@H]2C1. The Morgan fingerprint density at radius 2 is 1.67 bits per heavy atom. The summed E-state index contributed by atoms with van der Waals surface area (Å²) in [7, 11) is 0. The number of anilines is 2. The van der Waals surface area contributed by atoms with Gasteiger partial charge in [-0.05, 0) is 61.1 Å². The van der Waals surface area contributed by atoms with E-state index in [4.69, 9.17) is 27.9 Å². The van der Waals surface area contributed by atoms with Crippen LogP contribution in [0.5, 0.6) is 5.75 Å². The Labute approximate surface area is 217 Å². The maximum Gasteiger partial charge on any atom is 0.316 e. The molecule has 0 spiro atoms. The quantitative estimate of drug-likeness (QED) is 0.253. The van der Waals surface area contributed by atoms with E-state index in [1.54, 1.807) is 43.3 Å². The summed E-state index contributed by atoms with van der Waals surface area (Å²) < 4.78 is 5.58. The molecule has 1 saturated carbocycles. The number of imide groups is 1. The third kappa shape index (κ3) is 3.48. The predicted octanol–water partition coefficient (Wildman–Crippen LogP) is 4.57. The first-order valence-electron chi connectivity index (χ1n) is 11.9. The number of hydrogen-bond donors (Lipinski definition) is 0. The van der Waals surface area contributed by atoms with Crippen LogP contribution in [-0.4, -0.2) is 30.2 Å². The molecular weight excluding hydrogens is 503 g/mol. The first-order valence-corrected chi connectivity index (χ1v) is 12.6. The van der Waals surface area contributed by atoms with Crippen LogP contribution in [0.2, 0.25) is 10.0 Å². The van der Waals surface area contributed by atoms with Gasteiger partial charge in [-0.1, -0.05) is 41.4 Å². The molecule has 7 nitrogen and oxygen atoms in total. The van der Waals surface area contributed by atoms with Crippen molar-refractivity contribution in [2.75, 3.05) is 16.3 Å². The van der Waals surface area contributed by atoms with Gasteiger partial charge in [0.2, 0.25) is 17.7 Å². The fourth-order valence-electron chi connectivity index (χ4n) is 6.08. The highest BCUT2D eigenvalue weighted by Gasteiger charge is 2.59. The van der Waals surface area contributed by atoms with Crippen LogP contribution in [0.25, 0.3) is 0 Å². The van der Waals surface area contributed by atoms with Crippen LogP contribution in [0.3, 0.4) is 0 Å². The first kappa shape index (κ1) is 23.3. The summed E-state index contributed by atoms with van der Waals surface area (Å²) in [4.78, 5) is 54.5. The van der Waals surface area contributed by atoms with Gasteiger partial charge in [0.1, 0.15) is 5.75 Å². The molecule has 6 rings (SSSR count). The molecule has 5 atom stereocenters. The van der Waals surface area contributed by atoms with Crippen molar-refractivity contribution in [2.45, 2.75) is 19.8 Å². The first-order chi connectivity index (χ1) is 17.2. The molecule has 0 radical (unpaired) electrons. The molecule has 2 bridgehead atoms. The van der Waals surface area contributed by atoms with Crippen molar-refractivity contribution < 1.29 is 23.9 Å². The van der Waals surface area contributed by atoms with Gasteiger partial charge in [0.05, 0.1) is 39.2 Å². The van der Waals surface area contributed by atoms with Gasteiger partial charge in [-0.3, -0.25) is 19.2 Å². The lowest BCUT2D eigenvalue weighted by Crippen LogP contribution is -2.33. The normalized spacial score (nSPS) is 28.4. The lowest BCUT2D eigenvalue weighted by molar-refractivity contribution is -0.139. The van der Waals surface area contributed by atoms with E-state index in [-0.39, 0.29) is 65.1 Å². The van der Waals surface area contributed by atoms with Gasteiger partial charge >= 0.3 is 5.97 Å². The van der Waals surface area contributed by atoms with E-state index < -0.39 is 11.9 Å². The second-order valence-corrected chi connectivity index (χ2v) is 10.6. The van der Waals surface area contributed by atoms with Crippen LogP contribution >= 0.6 is 23.2 Å². The van der Waals surface area contributed by atoms with Crippen molar-refractivity contribution in [1.29, 1.82) is 0 Å². The van der Waals surface area contributed by atoms with Gasteiger partial charge < -0.3 is 9.64 Å². The number of halogens is 2. The minimum atomic E-state index is -0.670. The number of esters is 1. The molecular formula is C27H22Cl2N2O5. The zero-order valence-electron chi connectivity index (χ0n) is 19.3. The molecule has 2 saturated heterocycles. The molecule has 2 aromatic carbocycles. The summed E-state index contributed by atoms with van der Waals surface area (Å²) in [5, 5.41) is 0.581. The number of allylic oxidation sites excluding steroid dienone is 2. The highest BCUT2D eigenvalue weighted by molar-refractivity contribution is 6.44. The molecule has 3 fully saturated rings. The molecule has 0 unspecified atom stereocenters. The van der Waals surface area contributed by atoms with Crippen LogP contribution in [0.4, 0.5) is 11.4 Å². The summed E-state index contributed by atoms with van der Waals surface area (Å²) in [6.45, 7) is 1.90. The molecule has 2 aliphatic carbocycles. The highest BCUT2D eigenvalue weighted by Crippen LogP contribution is 2.53. The molecule has 0 aromatic heterocycles. The molecule has 9 heteroatoms. The number of rotatable bonds is 4. The van der Waals surface area contributed by atoms with Crippen LogP contribution in [0, 0.1) is 36.5 Å². The minimum Gasteiger partial charge on any atom is -0.426 e. The Morgan fingerprint density at radius 1 is 0.972 bits per heavy atom. The van der Waals surface area contributed by atoms with E-state index in [2.05, 4.69) is 12.2 Å². The van der Waals surface area contributed by atoms with Crippen molar-refractivity contribution in [1.82, 2.24) is 0 Å². The van der Waals surface area contributed by atoms with Crippen LogP contribution in [0.1, 0.15) is 18.4 Å². The molecule has 4 aliphatic rings. The van der Waals surface area contributed by atoms with Gasteiger partial charge in [-0.2, -0.15) is 0 Å². The second-order valence-electron chi connectivity index (χ2n) is 9.86. The van der Waals surface area contributed by atoms with Crippen molar-refractivity contribution >= 4 is 58.3 Å². The predicted molar refractivity (Wildman–Crippen MR) is 134 cm³/mol. The van der Waals surface area contributed by atoms with Crippen LogP contribution in [0.15, 0.2) is 48.6 Å². The van der Waals surface area contributed by atoms with Crippen molar-refractivity contribution in [3.8, 4) is 5.75 Å². The lowest BCUT2D eigenvalue weighted by atomic mass is 9.85.